The molecule has 6 aromatic carbocycles. The van der Waals surface area contributed by atoms with Crippen LogP contribution >= 0.6 is 0 Å². The third-order valence-electron chi connectivity index (χ3n) is 11.5. The van der Waals surface area contributed by atoms with Crippen LogP contribution in [0.5, 0.6) is 0 Å². The SMILES string of the molecule is C1CCCCC1.C=C/C(=C\c1ccccc1C)c1cc(-c2cnc3ccccc3c2)cc(-c2nc(-c3cccc(-c4ccccc4)c3)c(C)c(-c3ccccc3C)n2)c1.CC.CCC. The lowest BCUT2D eigenvalue weighted by molar-refractivity contribution is 0.504. The Bertz CT molecular complexity index is 2780. The molecule has 1 fully saturated rings. The monoisotopic (exact) mass is 840 g/mol. The van der Waals surface area contributed by atoms with Gasteiger partial charge < -0.3 is 0 Å². The molecule has 2 aromatic heterocycles. The quantitative estimate of drug-likeness (QED) is 0.113. The van der Waals surface area contributed by atoms with Crippen LogP contribution in [0.15, 0.2) is 171 Å². The third-order valence-corrected chi connectivity index (χ3v) is 11.5. The van der Waals surface area contributed by atoms with E-state index in [2.05, 4.69) is 181 Å². The van der Waals surface area contributed by atoms with Gasteiger partial charge in [-0.1, -0.05) is 201 Å². The van der Waals surface area contributed by atoms with E-state index in [4.69, 9.17) is 15.0 Å². The molecule has 0 spiro atoms. The number of hydrogen-bond donors (Lipinski definition) is 0. The van der Waals surface area contributed by atoms with Crippen molar-refractivity contribution in [3.63, 3.8) is 0 Å². The zero-order valence-electron chi connectivity index (χ0n) is 39.2. The Hall–Kier alpha value is -6.71. The summed E-state index contributed by atoms with van der Waals surface area (Å²) in [5.74, 6) is 0.658. The molecule has 324 valence electrons. The normalized spacial score (nSPS) is 12.1. The number of rotatable bonds is 8. The second-order valence-electron chi connectivity index (χ2n) is 16.3. The molecule has 1 aliphatic rings. The Morgan fingerprint density at radius 1 is 0.531 bits per heavy atom. The van der Waals surface area contributed by atoms with E-state index < -0.39 is 0 Å². The van der Waals surface area contributed by atoms with Crippen LogP contribution in [-0.4, -0.2) is 15.0 Å². The van der Waals surface area contributed by atoms with Gasteiger partial charge in [-0.2, -0.15) is 0 Å². The predicted molar refractivity (Wildman–Crippen MR) is 278 cm³/mol. The zero-order valence-corrected chi connectivity index (χ0v) is 39.2. The lowest BCUT2D eigenvalue weighted by atomic mass is 9.93. The summed E-state index contributed by atoms with van der Waals surface area (Å²) < 4.78 is 0. The number of fused-ring (bicyclic) bond motifs is 1. The van der Waals surface area contributed by atoms with Crippen LogP contribution in [-0.2, 0) is 0 Å². The Morgan fingerprint density at radius 2 is 1.09 bits per heavy atom. The van der Waals surface area contributed by atoms with Gasteiger partial charge in [0.05, 0.1) is 16.9 Å². The highest BCUT2D eigenvalue weighted by molar-refractivity contribution is 5.92. The molecular weight excluding hydrogens is 775 g/mol. The van der Waals surface area contributed by atoms with Crippen molar-refractivity contribution in [2.24, 2.45) is 0 Å². The van der Waals surface area contributed by atoms with Gasteiger partial charge >= 0.3 is 0 Å². The molecular formula is C61H65N3. The maximum absolute atomic E-state index is 5.40. The molecule has 8 aromatic rings. The van der Waals surface area contributed by atoms with E-state index in [1.165, 1.54) is 56.1 Å². The zero-order chi connectivity index (χ0) is 45.3. The molecule has 1 aliphatic carbocycles. The molecule has 0 atom stereocenters. The van der Waals surface area contributed by atoms with Crippen LogP contribution < -0.4 is 0 Å². The molecule has 1 saturated carbocycles. The number of aromatic nitrogens is 3. The molecule has 0 N–H and O–H groups in total. The molecule has 9 rings (SSSR count). The first-order valence-electron chi connectivity index (χ1n) is 23.4. The first kappa shape index (κ1) is 46.8. The molecule has 0 aliphatic heterocycles. The first-order valence-corrected chi connectivity index (χ1v) is 23.4. The summed E-state index contributed by atoms with van der Waals surface area (Å²) in [5, 5.41) is 1.09. The predicted octanol–water partition coefficient (Wildman–Crippen LogP) is 17.8. The van der Waals surface area contributed by atoms with Gasteiger partial charge in [-0.25, -0.2) is 9.97 Å². The van der Waals surface area contributed by atoms with Gasteiger partial charge in [-0.3, -0.25) is 4.98 Å². The average Bonchev–Trinajstić information content (AvgIpc) is 3.35. The van der Waals surface area contributed by atoms with Gasteiger partial charge in [0.15, 0.2) is 5.82 Å². The number of nitrogens with zero attached hydrogens (tertiary/aromatic N) is 3. The maximum atomic E-state index is 5.40. The van der Waals surface area contributed by atoms with Crippen molar-refractivity contribution >= 4 is 22.6 Å². The van der Waals surface area contributed by atoms with E-state index >= 15 is 0 Å². The molecule has 64 heavy (non-hydrogen) atoms. The maximum Gasteiger partial charge on any atom is 0.160 e. The van der Waals surface area contributed by atoms with Gasteiger partial charge in [-0.05, 0) is 108 Å². The minimum atomic E-state index is 0.658. The summed E-state index contributed by atoms with van der Waals surface area (Å²) in [7, 11) is 0. The summed E-state index contributed by atoms with van der Waals surface area (Å²) in [6.45, 7) is 18.9. The fraction of sp³-hybridized carbons (Fsp3) is 0.230. The van der Waals surface area contributed by atoms with Crippen molar-refractivity contribution in [3.05, 3.63) is 198 Å². The van der Waals surface area contributed by atoms with Crippen molar-refractivity contribution in [1.29, 1.82) is 0 Å². The molecule has 0 saturated heterocycles. The van der Waals surface area contributed by atoms with Crippen LogP contribution in [0.3, 0.4) is 0 Å². The summed E-state index contributed by atoms with van der Waals surface area (Å²) in [6, 6.07) is 53.1. The summed E-state index contributed by atoms with van der Waals surface area (Å²) in [6.07, 6.45) is 16.3. The molecule has 0 unspecified atom stereocenters. The van der Waals surface area contributed by atoms with Crippen molar-refractivity contribution in [3.8, 4) is 56.2 Å². The van der Waals surface area contributed by atoms with Gasteiger partial charge in [0.2, 0.25) is 0 Å². The average molecular weight is 840 g/mol. The van der Waals surface area contributed by atoms with E-state index in [-0.39, 0.29) is 0 Å². The number of hydrogen-bond acceptors (Lipinski definition) is 3. The van der Waals surface area contributed by atoms with Gasteiger partial charge in [0.1, 0.15) is 0 Å². The van der Waals surface area contributed by atoms with Crippen LogP contribution in [0.2, 0.25) is 0 Å². The van der Waals surface area contributed by atoms with Crippen molar-refractivity contribution in [2.45, 2.75) is 93.4 Å². The minimum absolute atomic E-state index is 0.658. The van der Waals surface area contributed by atoms with E-state index in [1.54, 1.807) is 0 Å². The van der Waals surface area contributed by atoms with E-state index in [1.807, 2.05) is 44.3 Å². The molecule has 0 bridgehead atoms. The number of pyridine rings is 1. The van der Waals surface area contributed by atoms with Crippen molar-refractivity contribution < 1.29 is 0 Å². The van der Waals surface area contributed by atoms with Gasteiger partial charge in [-0.15, -0.1) is 0 Å². The highest BCUT2D eigenvalue weighted by Crippen LogP contribution is 2.37. The number of allylic oxidation sites excluding steroid dienone is 2. The van der Waals surface area contributed by atoms with Crippen LogP contribution in [0.4, 0.5) is 0 Å². The summed E-state index contributed by atoms with van der Waals surface area (Å²) >= 11 is 0. The fourth-order valence-corrected chi connectivity index (χ4v) is 8.06. The van der Waals surface area contributed by atoms with Crippen LogP contribution in [0.25, 0.3) is 78.7 Å². The number of para-hydroxylation sites is 1. The summed E-state index contributed by atoms with van der Waals surface area (Å²) in [5.41, 5.74) is 16.8. The largest absolute Gasteiger partial charge is 0.256 e. The van der Waals surface area contributed by atoms with Gasteiger partial charge in [0.25, 0.3) is 0 Å². The number of benzene rings is 6. The Labute approximate surface area is 383 Å². The van der Waals surface area contributed by atoms with Crippen molar-refractivity contribution in [1.82, 2.24) is 15.0 Å². The van der Waals surface area contributed by atoms with E-state index in [0.29, 0.717) is 5.82 Å². The first-order chi connectivity index (χ1) is 31.4. The highest BCUT2D eigenvalue weighted by atomic mass is 14.9. The van der Waals surface area contributed by atoms with Gasteiger partial charge in [0, 0.05) is 39.4 Å². The lowest BCUT2D eigenvalue weighted by Gasteiger charge is -2.17. The topological polar surface area (TPSA) is 38.7 Å². The molecule has 0 amide bonds. The second-order valence-corrected chi connectivity index (χ2v) is 16.3. The lowest BCUT2D eigenvalue weighted by Crippen LogP contribution is -2.02. The standard InChI is InChI=1S/C50H39N3.C6H12.C3H8.C2H6/c1-5-36(26-38-20-11-9-16-33(38)2)42-29-43(45-28-40-21-12-14-25-47(40)51-32-45)31-44(30-42)50-52-48(35(4)49(53-50)46-24-13-10-17-34(46)3)41-23-15-22-39(27-41)37-18-7-6-8-19-37;1-2-4-6-5-3-1;1-3-2;1-2/h5-32H,1H2,2-4H3;1-6H2;3H2,1-2H3;1-2H3/b36-26+;;;. The Balaban J connectivity index is 0.000000553. The van der Waals surface area contributed by atoms with E-state index in [0.717, 1.165) is 83.5 Å². The molecule has 3 nitrogen and oxygen atoms in total. The summed E-state index contributed by atoms with van der Waals surface area (Å²) in [4.78, 5) is 15.6. The highest BCUT2D eigenvalue weighted by Gasteiger charge is 2.19. The van der Waals surface area contributed by atoms with E-state index in [9.17, 15) is 0 Å². The Kier molecular flexibility index (Phi) is 17.3. The van der Waals surface area contributed by atoms with Crippen LogP contribution in [0, 0.1) is 20.8 Å². The smallest absolute Gasteiger partial charge is 0.160 e. The minimum Gasteiger partial charge on any atom is -0.256 e. The fourth-order valence-electron chi connectivity index (χ4n) is 8.06. The molecule has 2 heterocycles. The molecule has 0 radical (unpaired) electrons. The van der Waals surface area contributed by atoms with Crippen LogP contribution in [0.1, 0.15) is 100 Å². The number of aryl methyl sites for hydroxylation is 2. The third kappa shape index (κ3) is 11.8. The second kappa shape index (κ2) is 23.7. The molecule has 3 heteroatoms. The van der Waals surface area contributed by atoms with Crippen molar-refractivity contribution in [2.75, 3.05) is 0 Å². The Morgan fingerprint density at radius 3 is 1.78 bits per heavy atom.